The lowest BCUT2D eigenvalue weighted by Gasteiger charge is -2.30. The van der Waals surface area contributed by atoms with Gasteiger partial charge < -0.3 is 13.9 Å². The van der Waals surface area contributed by atoms with E-state index in [0.717, 1.165) is 12.8 Å². The Hall–Kier alpha value is -2.18. The summed E-state index contributed by atoms with van der Waals surface area (Å²) in [5.41, 5.74) is 0.192. The average Bonchev–Trinajstić information content (AvgIpc) is 3.15. The topological polar surface area (TPSA) is 85.3 Å². The first-order valence-corrected chi connectivity index (χ1v) is 7.91. The molecule has 0 bridgehead atoms. The van der Waals surface area contributed by atoms with E-state index in [4.69, 9.17) is 9.05 Å². The van der Waals surface area contributed by atoms with Gasteiger partial charge in [0.05, 0.1) is 0 Å². The van der Waals surface area contributed by atoms with E-state index >= 15 is 0 Å². The van der Waals surface area contributed by atoms with E-state index in [-0.39, 0.29) is 17.2 Å². The summed E-state index contributed by atoms with van der Waals surface area (Å²) >= 11 is 0. The van der Waals surface area contributed by atoms with Crippen LogP contribution in [0, 0.1) is 6.92 Å². The summed E-state index contributed by atoms with van der Waals surface area (Å²) in [4.78, 5) is 18.7. The molecule has 2 aromatic rings. The van der Waals surface area contributed by atoms with Gasteiger partial charge in [-0.1, -0.05) is 31.1 Å². The van der Waals surface area contributed by atoms with Gasteiger partial charge in [-0.15, -0.1) is 0 Å². The number of likely N-dealkylation sites (tertiary alicyclic amines) is 1. The molecular formula is C16H22N4O3. The van der Waals surface area contributed by atoms with Gasteiger partial charge in [-0.25, -0.2) is 0 Å². The van der Waals surface area contributed by atoms with Crippen LogP contribution in [-0.2, 0) is 5.41 Å². The number of piperidine rings is 1. The van der Waals surface area contributed by atoms with Gasteiger partial charge in [0.2, 0.25) is 5.89 Å². The maximum atomic E-state index is 12.7. The molecule has 1 saturated heterocycles. The van der Waals surface area contributed by atoms with Crippen LogP contribution >= 0.6 is 0 Å². The fourth-order valence-electron chi connectivity index (χ4n) is 2.74. The van der Waals surface area contributed by atoms with E-state index in [1.165, 1.54) is 0 Å². The largest absolute Gasteiger partial charge is 0.360 e. The fourth-order valence-corrected chi connectivity index (χ4v) is 2.74. The van der Waals surface area contributed by atoms with Crippen molar-refractivity contribution in [3.63, 3.8) is 0 Å². The van der Waals surface area contributed by atoms with Crippen LogP contribution in [0.25, 0.3) is 0 Å². The standard InChI is InChI=1S/C16H22N4O3/c1-10-17-14(19-22-10)11-6-5-7-20(9-11)15(21)12-8-13(23-18-12)16(2,3)4/h8,11H,5-7,9H2,1-4H3/t11-/m0/s1. The fraction of sp³-hybridized carbons (Fsp3) is 0.625. The number of hydrogen-bond donors (Lipinski definition) is 0. The third-order valence-corrected chi connectivity index (χ3v) is 4.09. The lowest BCUT2D eigenvalue weighted by atomic mass is 9.93. The molecule has 0 aromatic carbocycles. The summed E-state index contributed by atoms with van der Waals surface area (Å²) < 4.78 is 10.4. The first kappa shape index (κ1) is 15.7. The van der Waals surface area contributed by atoms with E-state index in [9.17, 15) is 4.79 Å². The minimum absolute atomic E-state index is 0.103. The van der Waals surface area contributed by atoms with Crippen LogP contribution in [0.4, 0.5) is 0 Å². The second-order valence-electron chi connectivity index (χ2n) is 7.09. The second kappa shape index (κ2) is 5.79. The van der Waals surface area contributed by atoms with Crippen molar-refractivity contribution in [3.05, 3.63) is 29.2 Å². The minimum Gasteiger partial charge on any atom is -0.360 e. The number of carbonyl (C=O) groups is 1. The molecule has 23 heavy (non-hydrogen) atoms. The Morgan fingerprint density at radius 3 is 2.70 bits per heavy atom. The van der Waals surface area contributed by atoms with Crippen LogP contribution in [-0.4, -0.2) is 39.2 Å². The molecule has 1 aliphatic rings. The van der Waals surface area contributed by atoms with Crippen molar-refractivity contribution in [2.75, 3.05) is 13.1 Å². The zero-order valence-corrected chi connectivity index (χ0v) is 14.0. The lowest BCUT2D eigenvalue weighted by Crippen LogP contribution is -2.39. The second-order valence-corrected chi connectivity index (χ2v) is 7.09. The van der Waals surface area contributed by atoms with E-state index in [1.54, 1.807) is 17.9 Å². The summed E-state index contributed by atoms with van der Waals surface area (Å²) in [6, 6.07) is 1.74. The van der Waals surface area contributed by atoms with E-state index in [0.29, 0.717) is 36.3 Å². The molecule has 1 aliphatic heterocycles. The summed E-state index contributed by atoms with van der Waals surface area (Å²) in [7, 11) is 0. The molecule has 7 nitrogen and oxygen atoms in total. The van der Waals surface area contributed by atoms with Crippen LogP contribution in [0.1, 0.15) is 67.5 Å². The highest BCUT2D eigenvalue weighted by Crippen LogP contribution is 2.27. The number of hydrogen-bond acceptors (Lipinski definition) is 6. The summed E-state index contributed by atoms with van der Waals surface area (Å²) in [5.74, 6) is 1.95. The number of rotatable bonds is 2. The monoisotopic (exact) mass is 318 g/mol. The predicted molar refractivity (Wildman–Crippen MR) is 82.1 cm³/mol. The van der Waals surface area contributed by atoms with E-state index in [2.05, 4.69) is 15.3 Å². The summed E-state index contributed by atoms with van der Waals surface area (Å²) in [6.45, 7) is 9.14. The molecule has 7 heteroatoms. The normalized spacial score (nSPS) is 19.1. The van der Waals surface area contributed by atoms with Gasteiger partial charge in [-0.05, 0) is 12.8 Å². The van der Waals surface area contributed by atoms with E-state index in [1.807, 2.05) is 20.8 Å². The molecule has 1 amide bonds. The maximum absolute atomic E-state index is 12.7. The van der Waals surface area contributed by atoms with Crippen LogP contribution in [0.2, 0.25) is 0 Å². The molecule has 1 fully saturated rings. The van der Waals surface area contributed by atoms with Crippen molar-refractivity contribution in [1.29, 1.82) is 0 Å². The molecule has 124 valence electrons. The molecule has 0 spiro atoms. The smallest absolute Gasteiger partial charge is 0.276 e. The number of nitrogens with zero attached hydrogens (tertiary/aromatic N) is 4. The van der Waals surface area contributed by atoms with Gasteiger partial charge in [0, 0.05) is 37.4 Å². The first-order valence-electron chi connectivity index (χ1n) is 7.91. The van der Waals surface area contributed by atoms with Crippen molar-refractivity contribution < 1.29 is 13.8 Å². The van der Waals surface area contributed by atoms with Crippen molar-refractivity contribution in [3.8, 4) is 0 Å². The number of carbonyl (C=O) groups excluding carboxylic acids is 1. The van der Waals surface area contributed by atoms with Gasteiger partial charge in [-0.2, -0.15) is 4.98 Å². The third kappa shape index (κ3) is 3.28. The average molecular weight is 318 g/mol. The number of amides is 1. The van der Waals surface area contributed by atoms with Crippen molar-refractivity contribution in [2.45, 2.75) is 51.9 Å². The van der Waals surface area contributed by atoms with Gasteiger partial charge in [0.25, 0.3) is 5.91 Å². The van der Waals surface area contributed by atoms with E-state index < -0.39 is 0 Å². The van der Waals surface area contributed by atoms with Crippen LogP contribution in [0.15, 0.2) is 15.1 Å². The van der Waals surface area contributed by atoms with Crippen molar-refractivity contribution in [2.24, 2.45) is 0 Å². The minimum atomic E-state index is -0.169. The Labute approximate surface area is 135 Å². The molecule has 1 atom stereocenters. The molecule has 3 rings (SSSR count). The predicted octanol–water partition coefficient (Wildman–Crippen LogP) is 2.68. The van der Waals surface area contributed by atoms with Gasteiger partial charge in [0.1, 0.15) is 5.76 Å². The Morgan fingerprint density at radius 1 is 1.30 bits per heavy atom. The highest BCUT2D eigenvalue weighted by molar-refractivity contribution is 5.92. The van der Waals surface area contributed by atoms with Crippen molar-refractivity contribution in [1.82, 2.24) is 20.2 Å². The molecule has 3 heterocycles. The van der Waals surface area contributed by atoms with Crippen LogP contribution in [0.3, 0.4) is 0 Å². The molecule has 0 radical (unpaired) electrons. The zero-order chi connectivity index (χ0) is 16.6. The van der Waals surface area contributed by atoms with Crippen LogP contribution < -0.4 is 0 Å². The highest BCUT2D eigenvalue weighted by Gasteiger charge is 2.30. The lowest BCUT2D eigenvalue weighted by molar-refractivity contribution is 0.0693. The molecular weight excluding hydrogens is 296 g/mol. The Morgan fingerprint density at radius 2 is 2.09 bits per heavy atom. The number of aryl methyl sites for hydroxylation is 1. The SMILES string of the molecule is Cc1nc([C@H]2CCCN(C(=O)c3cc(C(C)(C)C)on3)C2)no1. The molecule has 0 N–H and O–H groups in total. The Kier molecular flexibility index (Phi) is 3.95. The molecule has 0 aliphatic carbocycles. The Bertz CT molecular complexity index is 698. The highest BCUT2D eigenvalue weighted by atomic mass is 16.5. The quantitative estimate of drug-likeness (QED) is 0.846. The Balaban J connectivity index is 1.73. The van der Waals surface area contributed by atoms with Gasteiger partial charge in [-0.3, -0.25) is 4.79 Å². The van der Waals surface area contributed by atoms with Gasteiger partial charge in [0.15, 0.2) is 11.5 Å². The third-order valence-electron chi connectivity index (χ3n) is 4.09. The first-order chi connectivity index (χ1) is 10.8. The van der Waals surface area contributed by atoms with Gasteiger partial charge >= 0.3 is 0 Å². The summed E-state index contributed by atoms with van der Waals surface area (Å²) in [5, 5.41) is 7.93. The van der Waals surface area contributed by atoms with Crippen molar-refractivity contribution >= 4 is 5.91 Å². The van der Waals surface area contributed by atoms with Crippen LogP contribution in [0.5, 0.6) is 0 Å². The maximum Gasteiger partial charge on any atom is 0.276 e. The summed E-state index contributed by atoms with van der Waals surface area (Å²) in [6.07, 6.45) is 1.86. The zero-order valence-electron chi connectivity index (χ0n) is 14.0. The molecule has 2 aromatic heterocycles. The number of aromatic nitrogens is 3. The molecule has 0 saturated carbocycles. The molecule has 0 unspecified atom stereocenters.